The summed E-state index contributed by atoms with van der Waals surface area (Å²) in [7, 11) is 0. The minimum absolute atomic E-state index is 0.00713. The first-order valence-corrected chi connectivity index (χ1v) is 7.23. The number of urea groups is 1. The average Bonchev–Trinajstić information content (AvgIpc) is 2.72. The van der Waals surface area contributed by atoms with Crippen LogP contribution in [0.5, 0.6) is 0 Å². The standard InChI is InChI=1S/C14H25N3O4/c1-9(2)14(12(19)20)5-6-17(8-14)7-11(18)16-13(21)15-10(3)4/h9-10H,5-8H2,1-4H3,(H,19,20)(H2,15,16,18,21). The van der Waals surface area contributed by atoms with E-state index >= 15 is 0 Å². The highest BCUT2D eigenvalue weighted by atomic mass is 16.4. The zero-order valence-electron chi connectivity index (χ0n) is 13.1. The first kappa shape index (κ1) is 17.4. The normalized spacial score (nSPS) is 22.6. The Kier molecular flexibility index (Phi) is 5.71. The molecule has 0 aliphatic carbocycles. The van der Waals surface area contributed by atoms with Crippen LogP contribution in [0.25, 0.3) is 0 Å². The Labute approximate surface area is 125 Å². The minimum atomic E-state index is -0.821. The number of likely N-dealkylation sites (tertiary alicyclic amines) is 1. The summed E-state index contributed by atoms with van der Waals surface area (Å²) in [4.78, 5) is 36.5. The van der Waals surface area contributed by atoms with Gasteiger partial charge in [0.05, 0.1) is 12.0 Å². The number of nitrogens with zero attached hydrogens (tertiary/aromatic N) is 1. The maximum Gasteiger partial charge on any atom is 0.321 e. The zero-order chi connectivity index (χ0) is 16.2. The number of hydrogen-bond donors (Lipinski definition) is 3. The average molecular weight is 299 g/mol. The first-order chi connectivity index (χ1) is 9.67. The third-order valence-corrected chi connectivity index (χ3v) is 3.95. The molecule has 7 heteroatoms. The van der Waals surface area contributed by atoms with E-state index in [2.05, 4.69) is 10.6 Å². The third-order valence-electron chi connectivity index (χ3n) is 3.95. The Morgan fingerprint density at radius 2 is 1.86 bits per heavy atom. The molecule has 0 aromatic rings. The van der Waals surface area contributed by atoms with Crippen LogP contribution in [0.15, 0.2) is 0 Å². The van der Waals surface area contributed by atoms with Crippen molar-refractivity contribution in [2.75, 3.05) is 19.6 Å². The molecule has 1 fully saturated rings. The van der Waals surface area contributed by atoms with E-state index in [0.717, 1.165) is 0 Å². The van der Waals surface area contributed by atoms with Crippen molar-refractivity contribution < 1.29 is 19.5 Å². The van der Waals surface area contributed by atoms with Gasteiger partial charge in [0.15, 0.2) is 0 Å². The summed E-state index contributed by atoms with van der Waals surface area (Å²) < 4.78 is 0. The molecule has 7 nitrogen and oxygen atoms in total. The lowest BCUT2D eigenvalue weighted by molar-refractivity contribution is -0.151. The van der Waals surface area contributed by atoms with Gasteiger partial charge in [-0.15, -0.1) is 0 Å². The quantitative estimate of drug-likeness (QED) is 0.692. The van der Waals surface area contributed by atoms with Crippen molar-refractivity contribution in [3.63, 3.8) is 0 Å². The minimum Gasteiger partial charge on any atom is -0.481 e. The molecule has 3 N–H and O–H groups in total. The number of carbonyl (C=O) groups is 3. The monoisotopic (exact) mass is 299 g/mol. The maximum absolute atomic E-state index is 11.8. The van der Waals surface area contributed by atoms with Gasteiger partial charge in [0.2, 0.25) is 5.91 Å². The molecule has 1 aliphatic heterocycles. The van der Waals surface area contributed by atoms with Crippen molar-refractivity contribution in [1.82, 2.24) is 15.5 Å². The summed E-state index contributed by atoms with van der Waals surface area (Å²) >= 11 is 0. The molecule has 1 rings (SSSR count). The predicted octanol–water partition coefficient (Wildman–Crippen LogP) is 0.653. The number of hydrogen-bond acceptors (Lipinski definition) is 4. The number of rotatable bonds is 5. The molecule has 0 radical (unpaired) electrons. The van der Waals surface area contributed by atoms with E-state index < -0.39 is 23.3 Å². The van der Waals surface area contributed by atoms with Crippen molar-refractivity contribution in [3.8, 4) is 0 Å². The van der Waals surface area contributed by atoms with Crippen LogP contribution in [0.2, 0.25) is 0 Å². The molecule has 1 aliphatic rings. The van der Waals surface area contributed by atoms with Crippen molar-refractivity contribution in [2.45, 2.75) is 40.2 Å². The summed E-state index contributed by atoms with van der Waals surface area (Å²) in [6.07, 6.45) is 0.519. The highest BCUT2D eigenvalue weighted by Gasteiger charge is 2.47. The number of carboxylic acids is 1. The van der Waals surface area contributed by atoms with E-state index in [1.807, 2.05) is 13.8 Å². The van der Waals surface area contributed by atoms with Gasteiger partial charge < -0.3 is 10.4 Å². The van der Waals surface area contributed by atoms with Gasteiger partial charge in [0, 0.05) is 12.6 Å². The highest BCUT2D eigenvalue weighted by molar-refractivity contribution is 5.95. The van der Waals surface area contributed by atoms with E-state index in [9.17, 15) is 19.5 Å². The van der Waals surface area contributed by atoms with E-state index in [1.54, 1.807) is 18.7 Å². The molecule has 0 spiro atoms. The predicted molar refractivity (Wildman–Crippen MR) is 77.8 cm³/mol. The van der Waals surface area contributed by atoms with Crippen LogP contribution in [-0.4, -0.2) is 53.6 Å². The number of nitrogens with one attached hydrogen (secondary N) is 2. The Bertz CT molecular complexity index is 422. The fourth-order valence-electron chi connectivity index (χ4n) is 2.61. The molecule has 1 atom stereocenters. The molecule has 0 aromatic heterocycles. The fourth-order valence-corrected chi connectivity index (χ4v) is 2.61. The van der Waals surface area contributed by atoms with E-state index in [4.69, 9.17) is 0 Å². The molecule has 0 bridgehead atoms. The van der Waals surface area contributed by atoms with Crippen LogP contribution < -0.4 is 10.6 Å². The Morgan fingerprint density at radius 1 is 1.24 bits per heavy atom. The van der Waals surface area contributed by atoms with E-state index in [-0.39, 0.29) is 18.5 Å². The first-order valence-electron chi connectivity index (χ1n) is 7.23. The summed E-state index contributed by atoms with van der Waals surface area (Å²) in [6, 6.07) is -0.576. The van der Waals surface area contributed by atoms with Crippen LogP contribution in [0, 0.1) is 11.3 Å². The summed E-state index contributed by atoms with van der Waals surface area (Å²) in [5, 5.41) is 14.3. The lowest BCUT2D eigenvalue weighted by Crippen LogP contribution is -2.47. The number of amides is 3. The van der Waals surface area contributed by atoms with Gasteiger partial charge in [-0.3, -0.25) is 19.8 Å². The summed E-state index contributed by atoms with van der Waals surface area (Å²) in [5.74, 6) is -1.25. The molecule has 0 aromatic carbocycles. The second-order valence-electron chi connectivity index (χ2n) is 6.25. The Balaban J connectivity index is 2.53. The topological polar surface area (TPSA) is 98.7 Å². The number of aliphatic carboxylic acids is 1. The lowest BCUT2D eigenvalue weighted by Gasteiger charge is -2.28. The molecule has 1 saturated heterocycles. The second kappa shape index (κ2) is 6.89. The molecule has 0 saturated carbocycles. The number of carbonyl (C=O) groups excluding carboxylic acids is 2. The molecule has 3 amide bonds. The van der Waals surface area contributed by atoms with Crippen molar-refractivity contribution in [3.05, 3.63) is 0 Å². The molecule has 1 unspecified atom stereocenters. The fraction of sp³-hybridized carbons (Fsp3) is 0.786. The lowest BCUT2D eigenvalue weighted by atomic mass is 9.76. The number of imide groups is 1. The molecular weight excluding hydrogens is 274 g/mol. The molecule has 120 valence electrons. The van der Waals surface area contributed by atoms with Crippen molar-refractivity contribution >= 4 is 17.9 Å². The second-order valence-corrected chi connectivity index (χ2v) is 6.25. The zero-order valence-corrected chi connectivity index (χ0v) is 13.1. The summed E-state index contributed by atoms with van der Waals surface area (Å²) in [5.41, 5.74) is -0.805. The van der Waals surface area contributed by atoms with Crippen LogP contribution in [0.3, 0.4) is 0 Å². The van der Waals surface area contributed by atoms with Crippen LogP contribution in [0.1, 0.15) is 34.1 Å². The van der Waals surface area contributed by atoms with Gasteiger partial charge in [0.1, 0.15) is 0 Å². The van der Waals surface area contributed by atoms with Crippen molar-refractivity contribution in [1.29, 1.82) is 0 Å². The maximum atomic E-state index is 11.8. The van der Waals surface area contributed by atoms with Gasteiger partial charge in [-0.25, -0.2) is 4.79 Å². The van der Waals surface area contributed by atoms with Gasteiger partial charge in [-0.05, 0) is 32.7 Å². The number of carboxylic acid groups (broad SMARTS) is 1. The Hall–Kier alpha value is -1.63. The van der Waals surface area contributed by atoms with Crippen molar-refractivity contribution in [2.24, 2.45) is 11.3 Å². The Morgan fingerprint density at radius 3 is 2.29 bits per heavy atom. The van der Waals surface area contributed by atoms with E-state index in [1.165, 1.54) is 0 Å². The largest absolute Gasteiger partial charge is 0.481 e. The SMILES string of the molecule is CC(C)NC(=O)NC(=O)CN1CCC(C(=O)O)(C(C)C)C1. The smallest absolute Gasteiger partial charge is 0.321 e. The van der Waals surface area contributed by atoms with Crippen LogP contribution in [-0.2, 0) is 9.59 Å². The van der Waals surface area contributed by atoms with Gasteiger partial charge >= 0.3 is 12.0 Å². The summed E-state index contributed by atoms with van der Waals surface area (Å²) in [6.45, 7) is 8.28. The third kappa shape index (κ3) is 4.42. The van der Waals surface area contributed by atoms with Crippen LogP contribution in [0.4, 0.5) is 4.79 Å². The van der Waals surface area contributed by atoms with E-state index in [0.29, 0.717) is 19.5 Å². The van der Waals surface area contributed by atoms with Crippen LogP contribution >= 0.6 is 0 Å². The molecule has 1 heterocycles. The highest BCUT2D eigenvalue weighted by Crippen LogP contribution is 2.37. The van der Waals surface area contributed by atoms with Gasteiger partial charge in [-0.1, -0.05) is 13.8 Å². The van der Waals surface area contributed by atoms with Gasteiger partial charge in [0.25, 0.3) is 0 Å². The molecular formula is C14H25N3O4. The van der Waals surface area contributed by atoms with Gasteiger partial charge in [-0.2, -0.15) is 0 Å². The molecule has 21 heavy (non-hydrogen) atoms.